The van der Waals surface area contributed by atoms with E-state index >= 15 is 0 Å². The number of sulfonamides is 1. The largest absolute Gasteiger partial charge is 0.492 e. The Hall–Kier alpha value is -0.340. The molecule has 5 nitrogen and oxygen atoms in total. The van der Waals surface area contributed by atoms with Crippen molar-refractivity contribution >= 4 is 38.4 Å². The Labute approximate surface area is 139 Å². The average molecular weight is 398 g/mol. The first-order valence-corrected chi connectivity index (χ1v) is 8.96. The van der Waals surface area contributed by atoms with Gasteiger partial charge in [-0.1, -0.05) is 15.9 Å². The van der Waals surface area contributed by atoms with Crippen LogP contribution < -0.4 is 15.2 Å². The summed E-state index contributed by atoms with van der Waals surface area (Å²) < 4.78 is 34.1. The van der Waals surface area contributed by atoms with Gasteiger partial charge in [-0.05, 0) is 30.9 Å². The van der Waals surface area contributed by atoms with Crippen LogP contribution in [-0.2, 0) is 16.4 Å². The molecule has 2 aliphatic rings. The second kappa shape index (κ2) is 6.42. The standard InChI is InChI=1S/C13H17BrN2O3S.ClH/c14-10-5-9-3-4-19-13(9)12(6-10)20(17,18)16-11(7-15)8-1-2-8;/h5-6,8,11,16H,1-4,7,15H2;1H. The van der Waals surface area contributed by atoms with Crippen LogP contribution in [0.15, 0.2) is 21.5 Å². The summed E-state index contributed by atoms with van der Waals surface area (Å²) >= 11 is 3.36. The summed E-state index contributed by atoms with van der Waals surface area (Å²) in [5, 5.41) is 0. The first-order valence-electron chi connectivity index (χ1n) is 6.69. The number of hydrogen-bond acceptors (Lipinski definition) is 4. The Bertz CT molecular complexity index is 635. The van der Waals surface area contributed by atoms with Crippen molar-refractivity contribution < 1.29 is 13.2 Å². The molecular weight excluding hydrogens is 380 g/mol. The van der Waals surface area contributed by atoms with Crippen LogP contribution in [0.1, 0.15) is 18.4 Å². The first kappa shape index (κ1) is 17.0. The highest BCUT2D eigenvalue weighted by Crippen LogP contribution is 2.37. The molecule has 1 atom stereocenters. The predicted molar refractivity (Wildman–Crippen MR) is 86.5 cm³/mol. The van der Waals surface area contributed by atoms with E-state index in [1.165, 1.54) is 0 Å². The smallest absolute Gasteiger partial charge is 0.244 e. The molecule has 0 saturated heterocycles. The van der Waals surface area contributed by atoms with Crippen LogP contribution in [0.5, 0.6) is 5.75 Å². The molecule has 0 radical (unpaired) electrons. The Morgan fingerprint density at radius 2 is 2.14 bits per heavy atom. The summed E-state index contributed by atoms with van der Waals surface area (Å²) in [6, 6.07) is 3.31. The number of halogens is 2. The molecule has 1 unspecified atom stereocenters. The second-order valence-electron chi connectivity index (χ2n) is 5.29. The van der Waals surface area contributed by atoms with Gasteiger partial charge < -0.3 is 10.5 Å². The fraction of sp³-hybridized carbons (Fsp3) is 0.538. The van der Waals surface area contributed by atoms with E-state index in [9.17, 15) is 8.42 Å². The molecule has 8 heteroatoms. The molecule has 3 N–H and O–H groups in total. The monoisotopic (exact) mass is 396 g/mol. The summed E-state index contributed by atoms with van der Waals surface area (Å²) in [5.74, 6) is 0.850. The zero-order valence-corrected chi connectivity index (χ0v) is 14.6. The molecule has 1 saturated carbocycles. The lowest BCUT2D eigenvalue weighted by molar-refractivity contribution is 0.348. The highest BCUT2D eigenvalue weighted by molar-refractivity contribution is 9.10. The number of nitrogens with two attached hydrogens (primary N) is 1. The van der Waals surface area contributed by atoms with Gasteiger partial charge >= 0.3 is 0 Å². The topological polar surface area (TPSA) is 81.4 Å². The molecular formula is C13H18BrClN2O3S. The van der Waals surface area contributed by atoms with Crippen molar-refractivity contribution in [3.63, 3.8) is 0 Å². The average Bonchev–Trinajstić information content (AvgIpc) is 3.13. The normalized spacial score (nSPS) is 18.6. The summed E-state index contributed by atoms with van der Waals surface area (Å²) in [5.41, 5.74) is 6.60. The van der Waals surface area contributed by atoms with E-state index in [2.05, 4.69) is 20.7 Å². The Kier molecular flexibility index (Phi) is 5.20. The van der Waals surface area contributed by atoms with Crippen molar-refractivity contribution in [2.45, 2.75) is 30.2 Å². The fourth-order valence-corrected chi connectivity index (χ4v) is 4.72. The van der Waals surface area contributed by atoms with E-state index < -0.39 is 10.0 Å². The molecule has 0 aromatic heterocycles. The van der Waals surface area contributed by atoms with Crippen LogP contribution in [0, 0.1) is 5.92 Å². The second-order valence-corrected chi connectivity index (χ2v) is 7.89. The minimum atomic E-state index is -3.61. The number of rotatable bonds is 5. The maximum absolute atomic E-state index is 12.6. The van der Waals surface area contributed by atoms with Gasteiger partial charge in [0.25, 0.3) is 0 Å². The molecule has 0 amide bonds. The Balaban J connectivity index is 0.00000161. The fourth-order valence-electron chi connectivity index (χ4n) is 2.53. The minimum absolute atomic E-state index is 0. The molecule has 21 heavy (non-hydrogen) atoms. The summed E-state index contributed by atoms with van der Waals surface area (Å²) in [6.45, 7) is 0.845. The van der Waals surface area contributed by atoms with Gasteiger partial charge in [-0.3, -0.25) is 0 Å². The van der Waals surface area contributed by atoms with Crippen LogP contribution in [0.2, 0.25) is 0 Å². The van der Waals surface area contributed by atoms with E-state index in [0.29, 0.717) is 24.8 Å². The van der Waals surface area contributed by atoms with Crippen molar-refractivity contribution in [3.8, 4) is 5.75 Å². The number of hydrogen-bond donors (Lipinski definition) is 2. The van der Waals surface area contributed by atoms with E-state index in [1.54, 1.807) is 6.07 Å². The molecule has 3 rings (SSSR count). The lowest BCUT2D eigenvalue weighted by Crippen LogP contribution is -2.41. The van der Waals surface area contributed by atoms with Crippen molar-refractivity contribution in [1.29, 1.82) is 0 Å². The molecule has 0 spiro atoms. The molecule has 1 aliphatic heterocycles. The third-order valence-corrected chi connectivity index (χ3v) is 5.71. The lowest BCUT2D eigenvalue weighted by atomic mass is 10.2. The van der Waals surface area contributed by atoms with Crippen molar-refractivity contribution in [2.75, 3.05) is 13.2 Å². The van der Waals surface area contributed by atoms with Crippen molar-refractivity contribution in [1.82, 2.24) is 4.72 Å². The number of nitrogens with one attached hydrogen (secondary N) is 1. The van der Waals surface area contributed by atoms with Gasteiger partial charge in [-0.2, -0.15) is 0 Å². The third-order valence-electron chi connectivity index (χ3n) is 3.76. The molecule has 1 aromatic rings. The summed E-state index contributed by atoms with van der Waals surface area (Å²) in [7, 11) is -3.61. The SMILES string of the molecule is Cl.NCC(NS(=O)(=O)c1cc(Br)cc2c1OCC2)C1CC1. The van der Waals surface area contributed by atoms with Gasteiger partial charge in [0.2, 0.25) is 10.0 Å². The maximum atomic E-state index is 12.6. The number of benzene rings is 1. The maximum Gasteiger partial charge on any atom is 0.244 e. The van der Waals surface area contributed by atoms with Gasteiger partial charge in [0, 0.05) is 29.0 Å². The van der Waals surface area contributed by atoms with E-state index in [0.717, 1.165) is 29.3 Å². The highest BCUT2D eigenvalue weighted by atomic mass is 79.9. The zero-order valence-electron chi connectivity index (χ0n) is 11.3. The van der Waals surface area contributed by atoms with Gasteiger partial charge in [0.05, 0.1) is 6.61 Å². The molecule has 118 valence electrons. The molecule has 1 aromatic carbocycles. The molecule has 0 bridgehead atoms. The Morgan fingerprint density at radius 3 is 2.76 bits per heavy atom. The third kappa shape index (κ3) is 3.53. The highest BCUT2D eigenvalue weighted by Gasteiger charge is 2.35. The molecule has 1 aliphatic carbocycles. The minimum Gasteiger partial charge on any atom is -0.492 e. The summed E-state index contributed by atoms with van der Waals surface area (Å²) in [4.78, 5) is 0.207. The van der Waals surface area contributed by atoms with Crippen LogP contribution in [-0.4, -0.2) is 27.6 Å². The molecule has 1 fully saturated rings. The number of fused-ring (bicyclic) bond motifs is 1. The van der Waals surface area contributed by atoms with Gasteiger partial charge in [0.1, 0.15) is 10.6 Å². The van der Waals surface area contributed by atoms with Gasteiger partial charge in [-0.15, -0.1) is 12.4 Å². The van der Waals surface area contributed by atoms with E-state index in [-0.39, 0.29) is 23.3 Å². The molecule has 1 heterocycles. The Morgan fingerprint density at radius 1 is 1.43 bits per heavy atom. The van der Waals surface area contributed by atoms with E-state index in [1.807, 2.05) is 6.07 Å². The van der Waals surface area contributed by atoms with Crippen LogP contribution >= 0.6 is 28.3 Å². The van der Waals surface area contributed by atoms with Crippen LogP contribution in [0.3, 0.4) is 0 Å². The number of ether oxygens (including phenoxy) is 1. The van der Waals surface area contributed by atoms with Crippen LogP contribution in [0.4, 0.5) is 0 Å². The van der Waals surface area contributed by atoms with Crippen molar-refractivity contribution in [3.05, 3.63) is 22.2 Å². The first-order chi connectivity index (χ1) is 9.51. The van der Waals surface area contributed by atoms with E-state index in [4.69, 9.17) is 10.5 Å². The van der Waals surface area contributed by atoms with Crippen LogP contribution in [0.25, 0.3) is 0 Å². The van der Waals surface area contributed by atoms with Crippen molar-refractivity contribution in [2.24, 2.45) is 11.7 Å². The van der Waals surface area contributed by atoms with Gasteiger partial charge in [-0.25, -0.2) is 13.1 Å². The predicted octanol–water partition coefficient (Wildman–Crippen LogP) is 1.82. The lowest BCUT2D eigenvalue weighted by Gasteiger charge is -2.17. The van der Waals surface area contributed by atoms with Gasteiger partial charge in [0.15, 0.2) is 0 Å². The quantitative estimate of drug-likeness (QED) is 0.794. The zero-order chi connectivity index (χ0) is 14.3. The summed E-state index contributed by atoms with van der Waals surface area (Å²) in [6.07, 6.45) is 2.81.